The second-order valence-electron chi connectivity index (χ2n) is 6.62. The smallest absolute Gasteiger partial charge is 0.308 e. The van der Waals surface area contributed by atoms with Gasteiger partial charge in [0.15, 0.2) is 0 Å². The fraction of sp³-hybridized carbons (Fsp3) is 0.286. The summed E-state index contributed by atoms with van der Waals surface area (Å²) < 4.78 is 32.4. The van der Waals surface area contributed by atoms with Crippen molar-refractivity contribution in [3.8, 4) is 5.75 Å². The Bertz CT molecular complexity index is 833. The maximum absolute atomic E-state index is 13.5. The molecule has 1 fully saturated rings. The van der Waals surface area contributed by atoms with Crippen molar-refractivity contribution in [2.45, 2.75) is 5.92 Å². The molecule has 1 N–H and O–H groups in total. The van der Waals surface area contributed by atoms with Crippen LogP contribution in [-0.2, 0) is 4.79 Å². The minimum atomic E-state index is -0.958. The number of hydrogen-bond acceptors (Lipinski definition) is 3. The maximum Gasteiger partial charge on any atom is 0.308 e. The topological polar surface area (TPSA) is 49.8 Å². The molecule has 0 saturated carbocycles. The van der Waals surface area contributed by atoms with Gasteiger partial charge in [-0.3, -0.25) is 9.69 Å². The summed E-state index contributed by atoms with van der Waals surface area (Å²) in [6, 6.07) is 10.8. The van der Waals surface area contributed by atoms with Gasteiger partial charge in [-0.15, -0.1) is 0 Å². The summed E-state index contributed by atoms with van der Waals surface area (Å²) in [4.78, 5) is 13.6. The highest BCUT2D eigenvalue weighted by atomic mass is 19.1. The van der Waals surface area contributed by atoms with Crippen molar-refractivity contribution >= 4 is 12.0 Å². The number of nitrogens with zero attached hydrogens (tertiary/aromatic N) is 1. The lowest BCUT2D eigenvalue weighted by atomic mass is 9.89. The van der Waals surface area contributed by atoms with E-state index in [4.69, 9.17) is 4.74 Å². The highest BCUT2D eigenvalue weighted by Crippen LogP contribution is 2.33. The summed E-state index contributed by atoms with van der Waals surface area (Å²) in [5.41, 5.74) is 1.31. The third-order valence-electron chi connectivity index (χ3n) is 4.83. The minimum absolute atomic E-state index is 0.328. The number of benzene rings is 2. The van der Waals surface area contributed by atoms with E-state index < -0.39 is 29.4 Å². The fourth-order valence-electron chi connectivity index (χ4n) is 3.54. The summed E-state index contributed by atoms with van der Waals surface area (Å²) in [5.74, 6) is -2.74. The number of likely N-dealkylation sites (tertiary alicyclic amines) is 1. The molecule has 142 valence electrons. The van der Waals surface area contributed by atoms with Gasteiger partial charge in [-0.1, -0.05) is 30.4 Å². The Morgan fingerprint density at radius 1 is 1.22 bits per heavy atom. The predicted octanol–water partition coefficient (Wildman–Crippen LogP) is 3.79. The minimum Gasteiger partial charge on any atom is -0.496 e. The molecule has 4 nitrogen and oxygen atoms in total. The summed E-state index contributed by atoms with van der Waals surface area (Å²) in [6.45, 7) is 1.29. The van der Waals surface area contributed by atoms with E-state index in [0.717, 1.165) is 17.4 Å². The number of halogens is 2. The maximum atomic E-state index is 13.5. The molecule has 1 heterocycles. The van der Waals surface area contributed by atoms with Gasteiger partial charge >= 0.3 is 5.97 Å². The lowest BCUT2D eigenvalue weighted by Gasteiger charge is -2.15. The highest BCUT2D eigenvalue weighted by molar-refractivity contribution is 5.72. The van der Waals surface area contributed by atoms with Gasteiger partial charge in [0.2, 0.25) is 0 Å². The van der Waals surface area contributed by atoms with E-state index in [-0.39, 0.29) is 0 Å². The zero-order valence-electron chi connectivity index (χ0n) is 14.9. The molecule has 2 atom stereocenters. The lowest BCUT2D eigenvalue weighted by molar-refractivity contribution is -0.141. The van der Waals surface area contributed by atoms with Gasteiger partial charge in [0.25, 0.3) is 0 Å². The molecule has 0 unspecified atom stereocenters. The average molecular weight is 373 g/mol. The first kappa shape index (κ1) is 19.0. The molecule has 6 heteroatoms. The number of methoxy groups -OCH3 is 1. The molecule has 3 rings (SSSR count). The van der Waals surface area contributed by atoms with Crippen molar-refractivity contribution < 1.29 is 23.4 Å². The van der Waals surface area contributed by atoms with Crippen LogP contribution in [0.5, 0.6) is 5.75 Å². The number of hydrogen-bond donors (Lipinski definition) is 1. The molecule has 0 amide bonds. The molecular formula is C21H21F2NO3. The number of ether oxygens (including phenoxy) is 1. The van der Waals surface area contributed by atoms with E-state index in [9.17, 15) is 18.7 Å². The number of carboxylic acid groups (broad SMARTS) is 1. The number of aliphatic carboxylic acids is 1. The second-order valence-corrected chi connectivity index (χ2v) is 6.62. The molecule has 1 aliphatic rings. The largest absolute Gasteiger partial charge is 0.496 e. The standard InChI is InChI=1S/C21H21F2NO3/c1-27-20-7-3-2-5-14(20)6-4-8-24-12-18(19(13-24)21(25)26)15-9-16(22)11-17(23)10-15/h2-7,9-11,18-19H,8,12-13H2,1H3,(H,25,26)/b6-4+/t18-,19+/m1/s1. The molecule has 1 saturated heterocycles. The van der Waals surface area contributed by atoms with Gasteiger partial charge < -0.3 is 9.84 Å². The first-order valence-electron chi connectivity index (χ1n) is 8.68. The monoisotopic (exact) mass is 373 g/mol. The normalized spacial score (nSPS) is 20.3. The Kier molecular flexibility index (Phi) is 5.86. The second kappa shape index (κ2) is 8.31. The third-order valence-corrected chi connectivity index (χ3v) is 4.83. The molecule has 0 radical (unpaired) electrons. The zero-order valence-corrected chi connectivity index (χ0v) is 14.9. The van der Waals surface area contributed by atoms with E-state index in [1.165, 1.54) is 12.1 Å². The summed E-state index contributed by atoms with van der Waals surface area (Å²) >= 11 is 0. The van der Waals surface area contributed by atoms with E-state index >= 15 is 0 Å². The van der Waals surface area contributed by atoms with Crippen LogP contribution in [-0.4, -0.2) is 42.7 Å². The van der Waals surface area contributed by atoms with Gasteiger partial charge in [0.05, 0.1) is 13.0 Å². The number of carbonyl (C=O) groups is 1. The van der Waals surface area contributed by atoms with E-state index in [2.05, 4.69) is 0 Å². The molecule has 0 spiro atoms. The van der Waals surface area contributed by atoms with Crippen LogP contribution in [0.3, 0.4) is 0 Å². The van der Waals surface area contributed by atoms with E-state index in [0.29, 0.717) is 25.2 Å². The first-order chi connectivity index (χ1) is 13.0. The fourth-order valence-corrected chi connectivity index (χ4v) is 3.54. The molecule has 27 heavy (non-hydrogen) atoms. The van der Waals surface area contributed by atoms with Crippen molar-refractivity contribution in [2.24, 2.45) is 5.92 Å². The van der Waals surface area contributed by atoms with Gasteiger partial charge in [0.1, 0.15) is 17.4 Å². The molecule has 0 bridgehead atoms. The predicted molar refractivity (Wildman–Crippen MR) is 98.7 cm³/mol. The van der Waals surface area contributed by atoms with Crippen LogP contribution in [0.4, 0.5) is 8.78 Å². The molecular weight excluding hydrogens is 352 g/mol. The van der Waals surface area contributed by atoms with Crippen LogP contribution >= 0.6 is 0 Å². The molecule has 0 aliphatic carbocycles. The van der Waals surface area contributed by atoms with Crippen LogP contribution in [0.2, 0.25) is 0 Å². The lowest BCUT2D eigenvalue weighted by Crippen LogP contribution is -2.23. The van der Waals surface area contributed by atoms with Crippen molar-refractivity contribution in [1.29, 1.82) is 0 Å². The molecule has 1 aliphatic heterocycles. The number of para-hydroxylation sites is 1. The Labute approximate surface area is 156 Å². The Morgan fingerprint density at radius 2 is 1.93 bits per heavy atom. The molecule has 0 aromatic heterocycles. The zero-order chi connectivity index (χ0) is 19.4. The van der Waals surface area contributed by atoms with Crippen LogP contribution in [0.25, 0.3) is 6.08 Å². The Hall–Kier alpha value is -2.73. The van der Waals surface area contributed by atoms with Crippen LogP contribution in [0.15, 0.2) is 48.5 Å². The van der Waals surface area contributed by atoms with Crippen molar-refractivity contribution in [3.63, 3.8) is 0 Å². The van der Waals surface area contributed by atoms with E-state index in [1.807, 2.05) is 41.3 Å². The van der Waals surface area contributed by atoms with Crippen molar-refractivity contribution in [3.05, 3.63) is 71.3 Å². The summed E-state index contributed by atoms with van der Waals surface area (Å²) in [6.07, 6.45) is 3.86. The van der Waals surface area contributed by atoms with Crippen LogP contribution in [0, 0.1) is 17.6 Å². The van der Waals surface area contributed by atoms with Crippen LogP contribution in [0.1, 0.15) is 17.0 Å². The van der Waals surface area contributed by atoms with Gasteiger partial charge in [0, 0.05) is 37.2 Å². The van der Waals surface area contributed by atoms with Gasteiger partial charge in [-0.05, 0) is 23.8 Å². The Balaban J connectivity index is 1.73. The first-order valence-corrected chi connectivity index (χ1v) is 8.68. The number of carboxylic acids is 1. The summed E-state index contributed by atoms with van der Waals surface area (Å²) in [7, 11) is 1.60. The van der Waals surface area contributed by atoms with Gasteiger partial charge in [-0.25, -0.2) is 8.78 Å². The quantitative estimate of drug-likeness (QED) is 0.837. The van der Waals surface area contributed by atoms with Crippen molar-refractivity contribution in [1.82, 2.24) is 4.90 Å². The molecule has 2 aromatic carbocycles. The number of rotatable bonds is 6. The SMILES string of the molecule is COc1ccccc1/C=C/CN1C[C@H](C(=O)O)[C@@H](c2cc(F)cc(F)c2)C1. The average Bonchev–Trinajstić information content (AvgIpc) is 3.06. The summed E-state index contributed by atoms with van der Waals surface area (Å²) in [5, 5.41) is 9.52. The Morgan fingerprint density at radius 3 is 2.59 bits per heavy atom. The van der Waals surface area contributed by atoms with Crippen LogP contribution < -0.4 is 4.74 Å². The third kappa shape index (κ3) is 4.52. The van der Waals surface area contributed by atoms with Crippen molar-refractivity contribution in [2.75, 3.05) is 26.7 Å². The van der Waals surface area contributed by atoms with E-state index in [1.54, 1.807) is 7.11 Å². The highest BCUT2D eigenvalue weighted by Gasteiger charge is 2.38. The molecule has 2 aromatic rings. The van der Waals surface area contributed by atoms with Gasteiger partial charge in [-0.2, -0.15) is 0 Å².